The Labute approximate surface area is 208 Å². The number of hydrogen-bond acceptors (Lipinski definition) is 5. The molecule has 2 atom stereocenters. The van der Waals surface area contributed by atoms with Crippen LogP contribution in [-0.4, -0.2) is 46.1 Å². The number of hydrogen-bond donors (Lipinski definition) is 0. The number of rotatable bonds is 4. The molecule has 3 aliphatic rings. The highest BCUT2D eigenvalue weighted by atomic mass is 16.2. The van der Waals surface area contributed by atoms with E-state index in [-0.39, 0.29) is 30.3 Å². The molecule has 8 heteroatoms. The van der Waals surface area contributed by atoms with E-state index >= 15 is 0 Å². The number of carbonyl (C=O) groups is 4. The van der Waals surface area contributed by atoms with Crippen molar-refractivity contribution in [3.8, 4) is 0 Å². The number of carbonyl (C=O) groups excluding carboxylic acids is 4. The summed E-state index contributed by atoms with van der Waals surface area (Å²) in [6.45, 7) is -0.0337. The van der Waals surface area contributed by atoms with Crippen LogP contribution in [0.3, 0.4) is 0 Å². The average Bonchev–Trinajstić information content (AvgIpc) is 3.45. The number of amides is 4. The van der Waals surface area contributed by atoms with Crippen LogP contribution in [0.4, 0.5) is 11.4 Å². The lowest BCUT2D eigenvalue weighted by Crippen LogP contribution is -2.49. The summed E-state index contributed by atoms with van der Waals surface area (Å²) < 4.78 is 0. The van der Waals surface area contributed by atoms with Gasteiger partial charge >= 0.3 is 0 Å². The van der Waals surface area contributed by atoms with E-state index in [1.54, 1.807) is 46.5 Å². The van der Waals surface area contributed by atoms with Crippen molar-refractivity contribution in [1.29, 1.82) is 0 Å². The average molecular weight is 481 g/mol. The van der Waals surface area contributed by atoms with Gasteiger partial charge < -0.3 is 9.80 Å². The molecule has 1 fully saturated rings. The predicted octanol–water partition coefficient (Wildman–Crippen LogP) is 3.43. The first kappa shape index (κ1) is 22.2. The third-order valence-corrected chi connectivity index (χ3v) is 7.33. The van der Waals surface area contributed by atoms with E-state index in [0.717, 1.165) is 16.9 Å². The molecule has 36 heavy (non-hydrogen) atoms. The van der Waals surface area contributed by atoms with Crippen molar-refractivity contribution in [1.82, 2.24) is 9.88 Å². The Kier molecular flexibility index (Phi) is 5.36. The summed E-state index contributed by atoms with van der Waals surface area (Å²) in [4.78, 5) is 62.2. The van der Waals surface area contributed by atoms with E-state index in [1.165, 1.54) is 0 Å². The molecule has 0 saturated heterocycles. The summed E-state index contributed by atoms with van der Waals surface area (Å²) >= 11 is 0. The van der Waals surface area contributed by atoms with Gasteiger partial charge in [-0.15, -0.1) is 0 Å². The van der Waals surface area contributed by atoms with Crippen LogP contribution in [0.25, 0.3) is 0 Å². The zero-order valence-electron chi connectivity index (χ0n) is 19.5. The van der Waals surface area contributed by atoms with Crippen LogP contribution in [0.15, 0.2) is 73.1 Å². The minimum absolute atomic E-state index is 0.0233. The van der Waals surface area contributed by atoms with Crippen LogP contribution in [-0.2, 0) is 16.1 Å². The van der Waals surface area contributed by atoms with Crippen LogP contribution in [0.2, 0.25) is 0 Å². The lowest BCUT2D eigenvalue weighted by molar-refractivity contribution is -0.123. The molecule has 0 spiro atoms. The van der Waals surface area contributed by atoms with Crippen LogP contribution in [0, 0.1) is 5.92 Å². The topological polar surface area (TPSA) is 90.9 Å². The summed E-state index contributed by atoms with van der Waals surface area (Å²) in [6, 6.07) is 17.4. The summed E-state index contributed by atoms with van der Waals surface area (Å²) in [7, 11) is 0. The molecule has 3 aromatic rings. The first-order chi connectivity index (χ1) is 17.5. The largest absolute Gasteiger partial charge is 0.306 e. The summed E-state index contributed by atoms with van der Waals surface area (Å²) in [5.74, 6) is -1.69. The number of fused-ring (bicyclic) bond motifs is 3. The van der Waals surface area contributed by atoms with Crippen LogP contribution >= 0.6 is 0 Å². The third kappa shape index (κ3) is 3.48. The Morgan fingerprint density at radius 2 is 1.53 bits per heavy atom. The standard InChI is InChI=1S/C28H24N4O4/c33-25(17-31-26(34)19-8-1-2-9-20(19)27(31)35)32-22-13-5-10-21(22)28(36)30(16-18-7-6-14-29-15-18)23-11-3-4-12-24(23)32/h1-4,6-9,11-12,14-15,21-22H,5,10,13,16-17H2/t21-,22+/m0/s1. The zero-order valence-corrected chi connectivity index (χ0v) is 19.5. The minimum atomic E-state index is -0.468. The summed E-state index contributed by atoms with van der Waals surface area (Å²) in [5, 5.41) is 0. The third-order valence-electron chi connectivity index (χ3n) is 7.33. The SMILES string of the molecule is O=C1c2ccccc2C(=O)N1CC(=O)N1c2ccccc2N(Cc2cccnc2)C(=O)[C@H]2CCC[C@H]21. The van der Waals surface area contributed by atoms with E-state index in [0.29, 0.717) is 41.9 Å². The Morgan fingerprint density at radius 3 is 2.22 bits per heavy atom. The highest BCUT2D eigenvalue weighted by Crippen LogP contribution is 2.43. The lowest BCUT2D eigenvalue weighted by atomic mass is 10.0. The number of pyridine rings is 1. The number of nitrogens with zero attached hydrogens (tertiary/aromatic N) is 4. The van der Waals surface area contributed by atoms with Gasteiger partial charge in [0, 0.05) is 18.4 Å². The fourth-order valence-electron chi connectivity index (χ4n) is 5.68. The van der Waals surface area contributed by atoms with Gasteiger partial charge in [-0.3, -0.25) is 29.1 Å². The second-order valence-corrected chi connectivity index (χ2v) is 9.38. The number of para-hydroxylation sites is 2. The molecule has 0 radical (unpaired) electrons. The molecular weight excluding hydrogens is 456 g/mol. The van der Waals surface area contributed by atoms with E-state index in [4.69, 9.17) is 0 Å². The van der Waals surface area contributed by atoms with Crippen molar-refractivity contribution >= 4 is 35.0 Å². The maximum absolute atomic E-state index is 13.9. The zero-order chi connectivity index (χ0) is 24.8. The molecule has 2 aromatic carbocycles. The molecule has 1 aliphatic carbocycles. The van der Waals surface area contributed by atoms with Gasteiger partial charge in [0.25, 0.3) is 11.8 Å². The maximum Gasteiger partial charge on any atom is 0.262 e. The fraction of sp³-hybridized carbons (Fsp3) is 0.250. The van der Waals surface area contributed by atoms with Gasteiger partial charge in [-0.2, -0.15) is 0 Å². The molecule has 0 bridgehead atoms. The predicted molar refractivity (Wildman–Crippen MR) is 132 cm³/mol. The molecule has 4 amide bonds. The number of benzene rings is 2. The van der Waals surface area contributed by atoms with Crippen molar-refractivity contribution < 1.29 is 19.2 Å². The van der Waals surface area contributed by atoms with E-state index < -0.39 is 11.8 Å². The molecule has 0 N–H and O–H groups in total. The van der Waals surface area contributed by atoms with E-state index in [1.807, 2.05) is 36.4 Å². The first-order valence-corrected chi connectivity index (χ1v) is 12.1. The highest BCUT2D eigenvalue weighted by molar-refractivity contribution is 6.23. The molecule has 8 nitrogen and oxygen atoms in total. The molecule has 1 aromatic heterocycles. The Bertz CT molecular complexity index is 1350. The molecular formula is C28H24N4O4. The normalized spacial score (nSPS) is 20.8. The molecule has 180 valence electrons. The van der Waals surface area contributed by atoms with Crippen molar-refractivity contribution in [3.63, 3.8) is 0 Å². The van der Waals surface area contributed by atoms with E-state index in [2.05, 4.69) is 4.98 Å². The molecule has 3 heterocycles. The Balaban J connectivity index is 1.37. The minimum Gasteiger partial charge on any atom is -0.306 e. The smallest absolute Gasteiger partial charge is 0.262 e. The van der Waals surface area contributed by atoms with Crippen LogP contribution in [0.5, 0.6) is 0 Å². The van der Waals surface area contributed by atoms with Gasteiger partial charge in [-0.25, -0.2) is 0 Å². The number of aromatic nitrogens is 1. The monoisotopic (exact) mass is 480 g/mol. The first-order valence-electron chi connectivity index (χ1n) is 12.1. The van der Waals surface area contributed by atoms with Crippen molar-refractivity contribution in [3.05, 3.63) is 89.7 Å². The second-order valence-electron chi connectivity index (χ2n) is 9.38. The summed E-state index contributed by atoms with van der Waals surface area (Å²) in [5.41, 5.74) is 2.76. The van der Waals surface area contributed by atoms with Crippen LogP contribution < -0.4 is 9.80 Å². The van der Waals surface area contributed by atoms with Gasteiger partial charge in [0.15, 0.2) is 0 Å². The van der Waals surface area contributed by atoms with E-state index in [9.17, 15) is 19.2 Å². The molecule has 1 saturated carbocycles. The van der Waals surface area contributed by atoms with Gasteiger partial charge in [0.05, 0.1) is 35.0 Å². The maximum atomic E-state index is 13.9. The lowest BCUT2D eigenvalue weighted by Gasteiger charge is -2.31. The van der Waals surface area contributed by atoms with Crippen molar-refractivity contribution in [2.24, 2.45) is 5.92 Å². The fourth-order valence-corrected chi connectivity index (χ4v) is 5.68. The van der Waals surface area contributed by atoms with Gasteiger partial charge in [-0.1, -0.05) is 36.8 Å². The quantitative estimate of drug-likeness (QED) is 0.534. The summed E-state index contributed by atoms with van der Waals surface area (Å²) in [6.07, 6.45) is 5.60. The van der Waals surface area contributed by atoms with Crippen molar-refractivity contribution in [2.45, 2.75) is 31.8 Å². The highest BCUT2D eigenvalue weighted by Gasteiger charge is 2.46. The second kappa shape index (κ2) is 8.71. The molecule has 0 unspecified atom stereocenters. The van der Waals surface area contributed by atoms with Gasteiger partial charge in [-0.05, 0) is 48.7 Å². The van der Waals surface area contributed by atoms with Gasteiger partial charge in [0.1, 0.15) is 6.54 Å². The molecule has 6 rings (SSSR count). The molecule has 2 aliphatic heterocycles. The van der Waals surface area contributed by atoms with Crippen molar-refractivity contribution in [2.75, 3.05) is 16.3 Å². The van der Waals surface area contributed by atoms with Crippen LogP contribution in [0.1, 0.15) is 45.5 Å². The Hall–Kier alpha value is -4.33. The number of anilines is 2. The number of imide groups is 1. The van der Waals surface area contributed by atoms with Gasteiger partial charge in [0.2, 0.25) is 11.8 Å². The Morgan fingerprint density at radius 1 is 0.833 bits per heavy atom.